The van der Waals surface area contributed by atoms with E-state index in [2.05, 4.69) is 29.4 Å². The SMILES string of the molecule is CCCC1CCCC(NC(=O)c2nccc(OC)c2OC(C)=O)C(=O)OC(C)C1c1ccccc1. The number of cyclic esters (lactones) is 1. The van der Waals surface area contributed by atoms with Gasteiger partial charge in [-0.2, -0.15) is 0 Å². The van der Waals surface area contributed by atoms with Gasteiger partial charge >= 0.3 is 11.9 Å². The molecule has 2 heterocycles. The number of aromatic nitrogens is 1. The molecule has 1 aliphatic rings. The third-order valence-electron chi connectivity index (χ3n) is 6.37. The summed E-state index contributed by atoms with van der Waals surface area (Å²) in [5.41, 5.74) is 1.02. The number of nitrogens with one attached hydrogen (secondary N) is 1. The summed E-state index contributed by atoms with van der Waals surface area (Å²) < 4.78 is 16.3. The fourth-order valence-electron chi connectivity index (χ4n) is 4.87. The van der Waals surface area contributed by atoms with Gasteiger partial charge in [0, 0.05) is 25.1 Å². The fraction of sp³-hybridized carbons (Fsp3) is 0.481. The molecule has 1 amide bonds. The first-order chi connectivity index (χ1) is 16.8. The van der Waals surface area contributed by atoms with Crippen LogP contribution in [0.4, 0.5) is 0 Å². The molecule has 2 aromatic rings. The van der Waals surface area contributed by atoms with Crippen LogP contribution in [0.15, 0.2) is 42.6 Å². The number of amides is 1. The quantitative estimate of drug-likeness (QED) is 0.582. The van der Waals surface area contributed by atoms with Gasteiger partial charge in [-0.1, -0.05) is 50.1 Å². The maximum atomic E-state index is 13.2. The monoisotopic (exact) mass is 482 g/mol. The lowest BCUT2D eigenvalue weighted by Crippen LogP contribution is -2.43. The predicted molar refractivity (Wildman–Crippen MR) is 130 cm³/mol. The number of pyridine rings is 1. The van der Waals surface area contributed by atoms with Crippen LogP contribution in [-0.4, -0.2) is 42.1 Å². The van der Waals surface area contributed by atoms with E-state index in [1.165, 1.54) is 26.3 Å². The van der Waals surface area contributed by atoms with Crippen LogP contribution in [0.25, 0.3) is 0 Å². The van der Waals surface area contributed by atoms with E-state index in [-0.39, 0.29) is 29.2 Å². The molecule has 1 fully saturated rings. The fourth-order valence-corrected chi connectivity index (χ4v) is 4.87. The van der Waals surface area contributed by atoms with Gasteiger partial charge in [0.1, 0.15) is 12.1 Å². The molecule has 188 valence electrons. The molecule has 8 heteroatoms. The first-order valence-corrected chi connectivity index (χ1v) is 12.1. The molecule has 3 rings (SSSR count). The Morgan fingerprint density at radius 3 is 2.57 bits per heavy atom. The highest BCUT2D eigenvalue weighted by molar-refractivity contribution is 5.98. The number of ether oxygens (including phenoxy) is 3. The van der Waals surface area contributed by atoms with Crippen LogP contribution in [-0.2, 0) is 14.3 Å². The van der Waals surface area contributed by atoms with E-state index >= 15 is 0 Å². The number of carbonyl (C=O) groups excluding carboxylic acids is 3. The number of carbonyl (C=O) groups is 3. The van der Waals surface area contributed by atoms with Crippen molar-refractivity contribution in [2.75, 3.05) is 7.11 Å². The van der Waals surface area contributed by atoms with E-state index in [0.717, 1.165) is 31.2 Å². The van der Waals surface area contributed by atoms with Gasteiger partial charge in [0.2, 0.25) is 5.75 Å². The number of methoxy groups -OCH3 is 1. The highest BCUT2D eigenvalue weighted by Gasteiger charge is 2.35. The van der Waals surface area contributed by atoms with Gasteiger partial charge < -0.3 is 19.5 Å². The Hall–Kier alpha value is -3.42. The van der Waals surface area contributed by atoms with E-state index in [9.17, 15) is 14.4 Å². The second-order valence-electron chi connectivity index (χ2n) is 8.87. The van der Waals surface area contributed by atoms with Crippen molar-refractivity contribution in [3.05, 3.63) is 53.9 Å². The average Bonchev–Trinajstić information content (AvgIpc) is 2.88. The molecule has 0 spiro atoms. The molecule has 1 aromatic heterocycles. The van der Waals surface area contributed by atoms with Crippen LogP contribution in [0.5, 0.6) is 11.5 Å². The number of rotatable bonds is 7. The minimum absolute atomic E-state index is 0.0742. The number of benzene rings is 1. The first kappa shape index (κ1) is 26.2. The van der Waals surface area contributed by atoms with Crippen molar-refractivity contribution in [1.29, 1.82) is 0 Å². The van der Waals surface area contributed by atoms with Gasteiger partial charge in [-0.15, -0.1) is 0 Å². The standard InChI is InChI=1S/C27H34N2O6/c1-5-10-19-13-9-14-21(27(32)34-17(2)23(19)20-11-7-6-8-12-20)29-26(31)24-25(35-18(3)30)22(33-4)15-16-28-24/h6-8,11-12,15-17,19,21,23H,5,9-10,13-14H2,1-4H3,(H,29,31). The maximum absolute atomic E-state index is 13.2. The molecule has 1 saturated heterocycles. The van der Waals surface area contributed by atoms with Crippen LogP contribution in [0.3, 0.4) is 0 Å². The highest BCUT2D eigenvalue weighted by Crippen LogP contribution is 2.37. The number of hydrogen-bond acceptors (Lipinski definition) is 7. The third-order valence-corrected chi connectivity index (χ3v) is 6.37. The van der Waals surface area contributed by atoms with E-state index in [1.54, 1.807) is 0 Å². The Balaban J connectivity index is 1.83. The largest absolute Gasteiger partial charge is 0.493 e. The van der Waals surface area contributed by atoms with Crippen molar-refractivity contribution in [2.24, 2.45) is 5.92 Å². The molecular formula is C27H34N2O6. The topological polar surface area (TPSA) is 104 Å². The first-order valence-electron chi connectivity index (χ1n) is 12.1. The Morgan fingerprint density at radius 1 is 1.17 bits per heavy atom. The molecule has 4 unspecified atom stereocenters. The zero-order chi connectivity index (χ0) is 25.4. The number of nitrogens with zero attached hydrogens (tertiary/aromatic N) is 1. The molecule has 0 bridgehead atoms. The maximum Gasteiger partial charge on any atom is 0.328 e. The summed E-state index contributed by atoms with van der Waals surface area (Å²) in [5.74, 6) is -1.20. The normalized spacial score (nSPS) is 22.7. The van der Waals surface area contributed by atoms with Gasteiger partial charge in [-0.05, 0) is 37.7 Å². The van der Waals surface area contributed by atoms with Gasteiger partial charge in [0.25, 0.3) is 5.91 Å². The summed E-state index contributed by atoms with van der Waals surface area (Å²) in [7, 11) is 1.40. The summed E-state index contributed by atoms with van der Waals surface area (Å²) in [4.78, 5) is 41.9. The van der Waals surface area contributed by atoms with Crippen molar-refractivity contribution in [1.82, 2.24) is 10.3 Å². The molecule has 1 N–H and O–H groups in total. The highest BCUT2D eigenvalue weighted by atomic mass is 16.6. The van der Waals surface area contributed by atoms with E-state index in [1.807, 2.05) is 25.1 Å². The average molecular weight is 483 g/mol. The number of esters is 2. The second kappa shape index (κ2) is 12.3. The van der Waals surface area contributed by atoms with Gasteiger partial charge in [0.15, 0.2) is 11.4 Å². The minimum atomic E-state index is -0.847. The molecule has 8 nitrogen and oxygen atoms in total. The van der Waals surface area contributed by atoms with Crippen LogP contribution in [0.2, 0.25) is 0 Å². The van der Waals surface area contributed by atoms with E-state index in [4.69, 9.17) is 14.2 Å². The Labute approximate surface area is 206 Å². The summed E-state index contributed by atoms with van der Waals surface area (Å²) in [5, 5.41) is 2.74. The molecule has 1 aromatic carbocycles. The molecule has 1 aliphatic heterocycles. The van der Waals surface area contributed by atoms with Crippen LogP contribution in [0.1, 0.15) is 74.8 Å². The zero-order valence-corrected chi connectivity index (χ0v) is 20.8. The lowest BCUT2D eigenvalue weighted by Gasteiger charge is -2.31. The van der Waals surface area contributed by atoms with Crippen LogP contribution in [0, 0.1) is 5.92 Å². The van der Waals surface area contributed by atoms with Crippen LogP contribution >= 0.6 is 0 Å². The Bertz CT molecular complexity index is 1030. The van der Waals surface area contributed by atoms with E-state index < -0.39 is 23.9 Å². The molecule has 0 radical (unpaired) electrons. The molecule has 4 atom stereocenters. The van der Waals surface area contributed by atoms with Crippen LogP contribution < -0.4 is 14.8 Å². The van der Waals surface area contributed by atoms with Crippen molar-refractivity contribution in [3.8, 4) is 11.5 Å². The Kier molecular flexibility index (Phi) is 9.23. The Morgan fingerprint density at radius 2 is 1.91 bits per heavy atom. The predicted octanol–water partition coefficient (Wildman–Crippen LogP) is 4.43. The zero-order valence-electron chi connectivity index (χ0n) is 20.8. The second-order valence-corrected chi connectivity index (χ2v) is 8.87. The van der Waals surface area contributed by atoms with Crippen molar-refractivity contribution < 1.29 is 28.6 Å². The summed E-state index contributed by atoms with van der Waals surface area (Å²) in [6, 6.07) is 10.8. The van der Waals surface area contributed by atoms with E-state index in [0.29, 0.717) is 12.3 Å². The number of hydrogen-bond donors (Lipinski definition) is 1. The van der Waals surface area contributed by atoms with Gasteiger partial charge in [0.05, 0.1) is 7.11 Å². The van der Waals surface area contributed by atoms with Gasteiger partial charge in [-0.25, -0.2) is 9.78 Å². The van der Waals surface area contributed by atoms with Crippen molar-refractivity contribution in [2.45, 2.75) is 70.9 Å². The minimum Gasteiger partial charge on any atom is -0.493 e. The molecule has 0 saturated carbocycles. The molecular weight excluding hydrogens is 448 g/mol. The summed E-state index contributed by atoms with van der Waals surface area (Å²) >= 11 is 0. The molecule has 35 heavy (non-hydrogen) atoms. The third kappa shape index (κ3) is 6.59. The van der Waals surface area contributed by atoms with Crippen molar-refractivity contribution >= 4 is 17.8 Å². The lowest BCUT2D eigenvalue weighted by molar-refractivity contribution is -0.152. The van der Waals surface area contributed by atoms with Gasteiger partial charge in [-0.3, -0.25) is 9.59 Å². The van der Waals surface area contributed by atoms with Crippen molar-refractivity contribution in [3.63, 3.8) is 0 Å². The summed E-state index contributed by atoms with van der Waals surface area (Å²) in [6.07, 6.45) is 5.19. The summed E-state index contributed by atoms with van der Waals surface area (Å²) in [6.45, 7) is 5.31. The smallest absolute Gasteiger partial charge is 0.328 e. The molecule has 0 aliphatic carbocycles. The lowest BCUT2D eigenvalue weighted by atomic mass is 9.77.